The van der Waals surface area contributed by atoms with Crippen LogP contribution in [-0.4, -0.2) is 38.9 Å². The van der Waals surface area contributed by atoms with Gasteiger partial charge in [-0.3, -0.25) is 0 Å². The zero-order valence-electron chi connectivity index (χ0n) is 10.1. The lowest BCUT2D eigenvalue weighted by Crippen LogP contribution is -2.50. The van der Waals surface area contributed by atoms with Crippen LogP contribution in [0.3, 0.4) is 0 Å². The molecule has 94 valence electrons. The zero-order chi connectivity index (χ0) is 13.0. The third kappa shape index (κ3) is 2.29. The van der Waals surface area contributed by atoms with Gasteiger partial charge in [0.05, 0.1) is 31.6 Å². The van der Waals surface area contributed by atoms with Crippen molar-refractivity contribution in [2.45, 2.75) is 6.04 Å². The molecule has 18 heavy (non-hydrogen) atoms. The number of hydrogen-bond donors (Lipinski definition) is 0. The van der Waals surface area contributed by atoms with E-state index >= 15 is 0 Å². The molecule has 1 saturated heterocycles. The average molecular weight is 246 g/mol. The third-order valence-electron chi connectivity index (χ3n) is 2.94. The first-order chi connectivity index (χ1) is 8.77. The van der Waals surface area contributed by atoms with Crippen molar-refractivity contribution in [2.24, 2.45) is 0 Å². The first-order valence-corrected chi connectivity index (χ1v) is 5.69. The number of para-hydroxylation sites is 1. The molecule has 0 amide bonds. The van der Waals surface area contributed by atoms with Crippen molar-refractivity contribution in [2.75, 3.05) is 31.8 Å². The van der Waals surface area contributed by atoms with Crippen molar-refractivity contribution in [3.8, 4) is 6.07 Å². The fraction of sp³-hybridized carbons (Fsp3) is 0.385. The minimum absolute atomic E-state index is 0.284. The number of rotatable bonds is 2. The Morgan fingerprint density at radius 3 is 3.06 bits per heavy atom. The van der Waals surface area contributed by atoms with Gasteiger partial charge in [-0.2, -0.15) is 5.26 Å². The molecule has 0 radical (unpaired) electrons. The Morgan fingerprint density at radius 2 is 2.33 bits per heavy atom. The summed E-state index contributed by atoms with van der Waals surface area (Å²) in [7, 11) is 1.35. The number of morpholine rings is 1. The molecular formula is C13H14N2O3. The van der Waals surface area contributed by atoms with Gasteiger partial charge in [0, 0.05) is 6.54 Å². The average Bonchev–Trinajstić information content (AvgIpc) is 2.46. The van der Waals surface area contributed by atoms with Crippen molar-refractivity contribution in [3.05, 3.63) is 29.8 Å². The summed E-state index contributed by atoms with van der Waals surface area (Å²) < 4.78 is 10.1. The van der Waals surface area contributed by atoms with E-state index in [4.69, 9.17) is 14.7 Å². The van der Waals surface area contributed by atoms with Crippen LogP contribution in [0.25, 0.3) is 0 Å². The SMILES string of the molecule is COC(=O)C1COCCN1c1ccccc1C#N. The van der Waals surface area contributed by atoms with Gasteiger partial charge >= 0.3 is 5.97 Å². The van der Waals surface area contributed by atoms with Gasteiger partial charge < -0.3 is 14.4 Å². The zero-order valence-corrected chi connectivity index (χ0v) is 10.1. The second-order valence-electron chi connectivity index (χ2n) is 3.94. The lowest BCUT2D eigenvalue weighted by Gasteiger charge is -2.35. The normalized spacial score (nSPS) is 19.1. The van der Waals surface area contributed by atoms with Crippen LogP contribution in [0, 0.1) is 11.3 Å². The number of carbonyl (C=O) groups is 1. The van der Waals surface area contributed by atoms with Crippen LogP contribution in [0.2, 0.25) is 0 Å². The summed E-state index contributed by atoms with van der Waals surface area (Å²) >= 11 is 0. The van der Waals surface area contributed by atoms with Crippen LogP contribution < -0.4 is 4.90 Å². The van der Waals surface area contributed by atoms with E-state index in [1.807, 2.05) is 17.0 Å². The minimum Gasteiger partial charge on any atom is -0.467 e. The lowest BCUT2D eigenvalue weighted by atomic mass is 10.1. The number of benzene rings is 1. The van der Waals surface area contributed by atoms with Crippen molar-refractivity contribution < 1.29 is 14.3 Å². The molecule has 2 rings (SSSR count). The highest BCUT2D eigenvalue weighted by Crippen LogP contribution is 2.24. The highest BCUT2D eigenvalue weighted by atomic mass is 16.5. The maximum absolute atomic E-state index is 11.7. The smallest absolute Gasteiger partial charge is 0.330 e. The highest BCUT2D eigenvalue weighted by molar-refractivity contribution is 5.81. The highest BCUT2D eigenvalue weighted by Gasteiger charge is 2.31. The van der Waals surface area contributed by atoms with Crippen molar-refractivity contribution in [1.29, 1.82) is 5.26 Å². The summed E-state index contributed by atoms with van der Waals surface area (Å²) in [5, 5.41) is 9.11. The Balaban J connectivity index is 2.34. The number of carbonyl (C=O) groups excluding carboxylic acids is 1. The molecule has 0 N–H and O–H groups in total. The Hall–Kier alpha value is -2.06. The van der Waals surface area contributed by atoms with E-state index in [1.165, 1.54) is 7.11 Å². The van der Waals surface area contributed by atoms with E-state index < -0.39 is 6.04 Å². The third-order valence-corrected chi connectivity index (χ3v) is 2.94. The maximum Gasteiger partial charge on any atom is 0.330 e. The van der Waals surface area contributed by atoms with Crippen LogP contribution in [-0.2, 0) is 14.3 Å². The minimum atomic E-state index is -0.488. The fourth-order valence-corrected chi connectivity index (χ4v) is 2.04. The molecule has 5 nitrogen and oxygen atoms in total. The van der Waals surface area contributed by atoms with Gasteiger partial charge in [-0.1, -0.05) is 12.1 Å². The molecule has 1 fully saturated rings. The molecule has 1 aromatic carbocycles. The van der Waals surface area contributed by atoms with E-state index in [2.05, 4.69) is 6.07 Å². The van der Waals surface area contributed by atoms with Gasteiger partial charge in [0.15, 0.2) is 6.04 Å². The molecule has 0 aromatic heterocycles. The predicted octanol–water partition coefficient (Wildman–Crippen LogP) is 0.936. The van der Waals surface area contributed by atoms with E-state index in [0.717, 1.165) is 5.69 Å². The summed E-state index contributed by atoms with van der Waals surface area (Å²) in [5.41, 5.74) is 1.30. The lowest BCUT2D eigenvalue weighted by molar-refractivity contribution is -0.144. The molecule has 0 bridgehead atoms. The fourth-order valence-electron chi connectivity index (χ4n) is 2.04. The summed E-state index contributed by atoms with van der Waals surface area (Å²) in [5.74, 6) is -0.345. The first-order valence-electron chi connectivity index (χ1n) is 5.69. The van der Waals surface area contributed by atoms with Crippen LogP contribution in [0.4, 0.5) is 5.69 Å². The molecule has 1 heterocycles. The number of anilines is 1. The van der Waals surface area contributed by atoms with Crippen LogP contribution in [0.1, 0.15) is 5.56 Å². The number of nitriles is 1. The topological polar surface area (TPSA) is 62.6 Å². The van der Waals surface area contributed by atoms with Crippen LogP contribution in [0.5, 0.6) is 0 Å². The van der Waals surface area contributed by atoms with Gasteiger partial charge in [0.1, 0.15) is 6.07 Å². The number of methoxy groups -OCH3 is 1. The van der Waals surface area contributed by atoms with Crippen molar-refractivity contribution >= 4 is 11.7 Å². The van der Waals surface area contributed by atoms with Gasteiger partial charge in [-0.25, -0.2) is 4.79 Å². The Labute approximate surface area is 106 Å². The standard InChI is InChI=1S/C13H14N2O3/c1-17-13(16)12-9-18-7-6-15(12)11-5-3-2-4-10(11)8-14/h2-5,12H,6-7,9H2,1H3. The van der Waals surface area contributed by atoms with Crippen molar-refractivity contribution in [3.63, 3.8) is 0 Å². The summed E-state index contributed by atoms with van der Waals surface area (Å²) in [6.07, 6.45) is 0. The quantitative estimate of drug-likeness (QED) is 0.727. The molecule has 1 unspecified atom stereocenters. The van der Waals surface area contributed by atoms with Crippen LogP contribution in [0.15, 0.2) is 24.3 Å². The second-order valence-corrected chi connectivity index (χ2v) is 3.94. The Morgan fingerprint density at radius 1 is 1.56 bits per heavy atom. The molecule has 0 saturated carbocycles. The first kappa shape index (κ1) is 12.4. The number of esters is 1. The summed E-state index contributed by atoms with van der Waals surface area (Å²) in [6, 6.07) is 8.86. The van der Waals surface area contributed by atoms with E-state index in [1.54, 1.807) is 12.1 Å². The monoisotopic (exact) mass is 246 g/mol. The molecule has 1 aromatic rings. The second kappa shape index (κ2) is 5.52. The van der Waals surface area contributed by atoms with E-state index in [0.29, 0.717) is 18.7 Å². The van der Waals surface area contributed by atoms with Crippen LogP contribution >= 0.6 is 0 Å². The summed E-state index contributed by atoms with van der Waals surface area (Å²) in [6.45, 7) is 1.39. The predicted molar refractivity (Wildman–Crippen MR) is 65.1 cm³/mol. The number of nitrogens with zero attached hydrogens (tertiary/aromatic N) is 2. The van der Waals surface area contributed by atoms with E-state index in [9.17, 15) is 4.79 Å². The molecule has 1 atom stereocenters. The Bertz CT molecular complexity index is 481. The molecule has 0 aliphatic carbocycles. The number of hydrogen-bond acceptors (Lipinski definition) is 5. The maximum atomic E-state index is 11.7. The van der Waals surface area contributed by atoms with Gasteiger partial charge in [-0.15, -0.1) is 0 Å². The van der Waals surface area contributed by atoms with Gasteiger partial charge in [0.2, 0.25) is 0 Å². The molecule has 1 aliphatic heterocycles. The number of ether oxygens (including phenoxy) is 2. The van der Waals surface area contributed by atoms with E-state index in [-0.39, 0.29) is 12.6 Å². The molecule has 5 heteroatoms. The van der Waals surface area contributed by atoms with Gasteiger partial charge in [-0.05, 0) is 12.1 Å². The molecule has 1 aliphatic rings. The summed E-state index contributed by atoms with van der Waals surface area (Å²) in [4.78, 5) is 13.6. The Kier molecular flexibility index (Phi) is 3.80. The van der Waals surface area contributed by atoms with Gasteiger partial charge in [0.25, 0.3) is 0 Å². The largest absolute Gasteiger partial charge is 0.467 e. The molecule has 0 spiro atoms. The molecular weight excluding hydrogens is 232 g/mol. The van der Waals surface area contributed by atoms with Crippen molar-refractivity contribution in [1.82, 2.24) is 0 Å².